The summed E-state index contributed by atoms with van der Waals surface area (Å²) >= 11 is 0. The average Bonchev–Trinajstić information content (AvgIpc) is 2.72. The Morgan fingerprint density at radius 2 is 2.08 bits per heavy atom. The molecule has 1 aromatic carbocycles. The third-order valence-electron chi connectivity index (χ3n) is 5.06. The van der Waals surface area contributed by atoms with Crippen molar-refractivity contribution in [3.63, 3.8) is 0 Å². The Balaban J connectivity index is 1.61. The first-order chi connectivity index (χ1) is 12.7. The number of rotatable bonds is 6. The molecule has 0 radical (unpaired) electrons. The molecule has 0 amide bonds. The van der Waals surface area contributed by atoms with Crippen molar-refractivity contribution < 1.29 is 9.90 Å². The van der Waals surface area contributed by atoms with Crippen molar-refractivity contribution >= 4 is 11.6 Å². The zero-order valence-corrected chi connectivity index (χ0v) is 15.1. The van der Waals surface area contributed by atoms with E-state index in [1.165, 1.54) is 5.56 Å². The van der Waals surface area contributed by atoms with Crippen LogP contribution in [0.3, 0.4) is 0 Å². The molecule has 0 aliphatic carbocycles. The lowest BCUT2D eigenvalue weighted by molar-refractivity contribution is 0.222. The summed E-state index contributed by atoms with van der Waals surface area (Å²) in [6.07, 6.45) is 4.39. The first kappa shape index (κ1) is 18.3. The van der Waals surface area contributed by atoms with Crippen molar-refractivity contribution in [3.8, 4) is 0 Å². The molecule has 1 unspecified atom stereocenters. The first-order valence-electron chi connectivity index (χ1n) is 9.02. The van der Waals surface area contributed by atoms with Crippen LogP contribution in [0.1, 0.15) is 24.1 Å². The van der Waals surface area contributed by atoms with Gasteiger partial charge in [-0.25, -0.2) is 4.79 Å². The molecule has 1 saturated heterocycles. The number of aliphatic hydroxyl groups is 1. The van der Waals surface area contributed by atoms with Gasteiger partial charge in [0.15, 0.2) is 0 Å². The lowest BCUT2D eigenvalue weighted by Gasteiger charge is -2.38. The summed E-state index contributed by atoms with van der Waals surface area (Å²) < 4.78 is 0. The van der Waals surface area contributed by atoms with Crippen LogP contribution in [0.2, 0.25) is 0 Å². The third-order valence-corrected chi connectivity index (χ3v) is 5.06. The van der Waals surface area contributed by atoms with Gasteiger partial charge in [-0.3, -0.25) is 4.98 Å². The van der Waals surface area contributed by atoms with Gasteiger partial charge in [-0.15, -0.1) is 0 Å². The van der Waals surface area contributed by atoms with Gasteiger partial charge in [-0.1, -0.05) is 30.3 Å². The number of benzene rings is 1. The van der Waals surface area contributed by atoms with Crippen molar-refractivity contribution in [2.24, 2.45) is 0 Å². The van der Waals surface area contributed by atoms with Crippen LogP contribution in [0.25, 0.3) is 0 Å². The van der Waals surface area contributed by atoms with Crippen LogP contribution in [0.4, 0.5) is 5.69 Å². The molecule has 3 rings (SSSR count). The maximum Gasteiger partial charge on any atom is 0.146 e. The van der Waals surface area contributed by atoms with E-state index in [0.717, 1.165) is 31.6 Å². The summed E-state index contributed by atoms with van der Waals surface area (Å²) in [5, 5.41) is 9.12. The highest BCUT2D eigenvalue weighted by atomic mass is 16.3. The van der Waals surface area contributed by atoms with Gasteiger partial charge < -0.3 is 14.9 Å². The van der Waals surface area contributed by atoms with Crippen molar-refractivity contribution in [3.05, 3.63) is 65.6 Å². The average molecular weight is 351 g/mol. The predicted molar refractivity (Wildman–Crippen MR) is 103 cm³/mol. The molecule has 0 saturated carbocycles. The maximum atomic E-state index is 11.5. The number of hydrogen-bond acceptors (Lipinski definition) is 5. The number of nitrogens with zero attached hydrogens (tertiary/aromatic N) is 3. The molecule has 136 valence electrons. The highest BCUT2D eigenvalue weighted by Gasteiger charge is 2.27. The van der Waals surface area contributed by atoms with Gasteiger partial charge in [0.2, 0.25) is 0 Å². The smallest absolute Gasteiger partial charge is 0.146 e. The Hall–Kier alpha value is -2.46. The molecule has 0 bridgehead atoms. The van der Waals surface area contributed by atoms with E-state index >= 15 is 0 Å². The third kappa shape index (κ3) is 4.38. The Bertz CT molecular complexity index is 755. The van der Waals surface area contributed by atoms with Crippen molar-refractivity contribution in [2.45, 2.75) is 31.9 Å². The number of anilines is 1. The largest absolute Gasteiger partial charge is 0.390 e. The number of carbonyl (C=O) groups excluding carboxylic acids is 1. The number of piperidine rings is 1. The minimum Gasteiger partial charge on any atom is -0.390 e. The first-order valence-corrected chi connectivity index (χ1v) is 9.02. The monoisotopic (exact) mass is 351 g/mol. The van der Waals surface area contributed by atoms with E-state index in [2.05, 4.69) is 47.1 Å². The molecular formula is C21H25N3O2. The van der Waals surface area contributed by atoms with E-state index in [0.29, 0.717) is 23.9 Å². The highest BCUT2D eigenvalue weighted by molar-refractivity contribution is 5.64. The van der Waals surface area contributed by atoms with Gasteiger partial charge in [0, 0.05) is 25.6 Å². The van der Waals surface area contributed by atoms with Crippen molar-refractivity contribution in [1.82, 2.24) is 9.88 Å². The van der Waals surface area contributed by atoms with Crippen LogP contribution < -0.4 is 4.90 Å². The number of aliphatic hydroxyl groups excluding tert-OH is 1. The minimum atomic E-state index is -0.0784. The molecule has 0 spiro atoms. The lowest BCUT2D eigenvalue weighted by atomic mass is 9.99. The molecular weight excluding hydrogens is 326 g/mol. The second-order valence-electron chi connectivity index (χ2n) is 6.73. The maximum absolute atomic E-state index is 11.5. The number of aromatic nitrogens is 1. The number of likely N-dealkylation sites (N-methyl/N-ethyl adjacent to an activating group) is 1. The summed E-state index contributed by atoms with van der Waals surface area (Å²) in [6, 6.07) is 14.5. The molecule has 1 N–H and O–H groups in total. The van der Waals surface area contributed by atoms with E-state index in [9.17, 15) is 4.79 Å². The van der Waals surface area contributed by atoms with Crippen LogP contribution >= 0.6 is 0 Å². The van der Waals surface area contributed by atoms with E-state index in [1.54, 1.807) is 12.3 Å². The SMILES string of the molecule is CN(CCc1ccccc1)C1CCN(c2ccc(CO)nc2)C(=C=O)C1. The van der Waals surface area contributed by atoms with Gasteiger partial charge in [0.1, 0.15) is 11.6 Å². The zero-order valence-electron chi connectivity index (χ0n) is 15.1. The topological polar surface area (TPSA) is 56.7 Å². The molecule has 1 aliphatic heterocycles. The highest BCUT2D eigenvalue weighted by Crippen LogP contribution is 2.28. The van der Waals surface area contributed by atoms with E-state index in [1.807, 2.05) is 17.0 Å². The van der Waals surface area contributed by atoms with Gasteiger partial charge in [-0.2, -0.15) is 0 Å². The van der Waals surface area contributed by atoms with Crippen LogP contribution in [0.15, 0.2) is 54.4 Å². The molecule has 2 heterocycles. The second-order valence-corrected chi connectivity index (χ2v) is 6.73. The van der Waals surface area contributed by atoms with Gasteiger partial charge in [0.05, 0.1) is 24.2 Å². The van der Waals surface area contributed by atoms with Crippen LogP contribution in [-0.2, 0) is 17.8 Å². The van der Waals surface area contributed by atoms with Crippen molar-refractivity contribution in [2.75, 3.05) is 25.0 Å². The van der Waals surface area contributed by atoms with Crippen LogP contribution in [0, 0.1) is 0 Å². The fourth-order valence-electron chi connectivity index (χ4n) is 3.41. The molecule has 1 aliphatic rings. The standard InChI is InChI=1S/C21H25N3O2/c1-23(11-9-17-5-3-2-4-6-17)19-10-12-24(21(13-19)16-26)20-8-7-18(15-25)22-14-20/h2-8,14,19,25H,9-13,15H2,1H3. The van der Waals surface area contributed by atoms with E-state index in [4.69, 9.17) is 5.11 Å². The lowest BCUT2D eigenvalue weighted by Crippen LogP contribution is -2.43. The Labute approximate surface area is 154 Å². The molecule has 1 fully saturated rings. The quantitative estimate of drug-likeness (QED) is 0.810. The van der Waals surface area contributed by atoms with E-state index in [-0.39, 0.29) is 6.61 Å². The van der Waals surface area contributed by atoms with Gasteiger partial charge in [-0.05, 0) is 37.6 Å². The van der Waals surface area contributed by atoms with E-state index < -0.39 is 0 Å². The Morgan fingerprint density at radius 3 is 2.73 bits per heavy atom. The van der Waals surface area contributed by atoms with Crippen LogP contribution in [-0.4, -0.2) is 47.1 Å². The fraction of sp³-hybridized carbons (Fsp3) is 0.381. The fourth-order valence-corrected chi connectivity index (χ4v) is 3.41. The zero-order chi connectivity index (χ0) is 18.4. The molecule has 5 nitrogen and oxygen atoms in total. The summed E-state index contributed by atoms with van der Waals surface area (Å²) in [5.74, 6) is 2.13. The molecule has 26 heavy (non-hydrogen) atoms. The summed E-state index contributed by atoms with van der Waals surface area (Å²) in [4.78, 5) is 20.1. The number of hydrogen-bond donors (Lipinski definition) is 1. The summed E-state index contributed by atoms with van der Waals surface area (Å²) in [5.41, 5.74) is 3.51. The molecule has 1 atom stereocenters. The summed E-state index contributed by atoms with van der Waals surface area (Å²) in [7, 11) is 2.13. The van der Waals surface area contributed by atoms with Crippen molar-refractivity contribution in [1.29, 1.82) is 0 Å². The minimum absolute atomic E-state index is 0.0784. The Kier molecular flexibility index (Phi) is 6.18. The van der Waals surface area contributed by atoms with Crippen LogP contribution in [0.5, 0.6) is 0 Å². The second kappa shape index (κ2) is 8.77. The molecule has 1 aromatic heterocycles. The number of pyridine rings is 1. The van der Waals surface area contributed by atoms with Gasteiger partial charge >= 0.3 is 0 Å². The summed E-state index contributed by atoms with van der Waals surface area (Å²) in [6.45, 7) is 1.66. The normalized spacial score (nSPS) is 17.4. The Morgan fingerprint density at radius 1 is 1.27 bits per heavy atom. The predicted octanol–water partition coefficient (Wildman–Crippen LogP) is 2.43. The molecule has 2 aromatic rings. The van der Waals surface area contributed by atoms with Gasteiger partial charge in [0.25, 0.3) is 0 Å². The molecule has 5 heteroatoms.